The zero-order valence-corrected chi connectivity index (χ0v) is 16.9. The largest absolute Gasteiger partial charge is 0.361 e. The van der Waals surface area contributed by atoms with Crippen LogP contribution in [0.1, 0.15) is 45.9 Å². The number of likely N-dealkylation sites (tertiary alicyclic amines) is 1. The SMILES string of the molecule is CCc1nccn1CC(=O)N1CCC[C@H]2[C@@H]1CC(C)(C)N2c1cccc(F)c1. The lowest BCUT2D eigenvalue weighted by molar-refractivity contribution is -0.135. The molecule has 1 amide bonds. The zero-order valence-electron chi connectivity index (χ0n) is 16.9. The highest BCUT2D eigenvalue weighted by Gasteiger charge is 2.50. The number of aryl methyl sites for hydroxylation is 1. The number of carbonyl (C=O) groups is 1. The third kappa shape index (κ3) is 3.29. The Hall–Kier alpha value is -2.37. The van der Waals surface area contributed by atoms with Crippen molar-refractivity contribution in [2.45, 2.75) is 70.6 Å². The number of anilines is 1. The molecule has 1 aromatic heterocycles. The fourth-order valence-electron chi connectivity index (χ4n) is 5.15. The summed E-state index contributed by atoms with van der Waals surface area (Å²) in [5.74, 6) is 0.877. The van der Waals surface area contributed by atoms with E-state index in [0.29, 0.717) is 6.54 Å². The van der Waals surface area contributed by atoms with Crippen molar-refractivity contribution in [1.29, 1.82) is 0 Å². The van der Waals surface area contributed by atoms with Crippen LogP contribution >= 0.6 is 0 Å². The number of hydrogen-bond donors (Lipinski definition) is 0. The van der Waals surface area contributed by atoms with E-state index in [0.717, 1.165) is 43.7 Å². The lowest BCUT2D eigenvalue weighted by Crippen LogP contribution is -2.53. The van der Waals surface area contributed by atoms with E-state index < -0.39 is 0 Å². The van der Waals surface area contributed by atoms with E-state index in [1.165, 1.54) is 6.07 Å². The Morgan fingerprint density at radius 2 is 2.14 bits per heavy atom. The van der Waals surface area contributed by atoms with Crippen molar-refractivity contribution in [3.05, 3.63) is 48.3 Å². The third-order valence-electron chi connectivity index (χ3n) is 6.27. The minimum atomic E-state index is -0.215. The van der Waals surface area contributed by atoms with E-state index in [1.54, 1.807) is 18.3 Å². The first-order valence-electron chi connectivity index (χ1n) is 10.2. The van der Waals surface area contributed by atoms with Crippen molar-refractivity contribution in [2.75, 3.05) is 11.4 Å². The molecule has 150 valence electrons. The van der Waals surface area contributed by atoms with Crippen LogP contribution in [0, 0.1) is 5.82 Å². The van der Waals surface area contributed by atoms with E-state index in [-0.39, 0.29) is 29.3 Å². The first kappa shape index (κ1) is 19.0. The van der Waals surface area contributed by atoms with E-state index in [2.05, 4.69) is 35.6 Å². The molecular weight excluding hydrogens is 355 g/mol. The molecule has 28 heavy (non-hydrogen) atoms. The highest BCUT2D eigenvalue weighted by Crippen LogP contribution is 2.43. The number of imidazole rings is 1. The van der Waals surface area contributed by atoms with Crippen molar-refractivity contribution in [1.82, 2.24) is 14.5 Å². The van der Waals surface area contributed by atoms with Gasteiger partial charge in [0, 0.05) is 36.6 Å². The summed E-state index contributed by atoms with van der Waals surface area (Å²) in [7, 11) is 0. The van der Waals surface area contributed by atoms with Crippen LogP contribution in [0.3, 0.4) is 0 Å². The molecule has 2 saturated heterocycles. The molecule has 0 saturated carbocycles. The Labute approximate surface area is 166 Å². The molecule has 2 aromatic rings. The van der Waals surface area contributed by atoms with Gasteiger partial charge in [-0.25, -0.2) is 9.37 Å². The van der Waals surface area contributed by atoms with Gasteiger partial charge < -0.3 is 14.4 Å². The molecule has 5 nitrogen and oxygen atoms in total. The summed E-state index contributed by atoms with van der Waals surface area (Å²) < 4.78 is 15.8. The normalized spacial score (nSPS) is 23.7. The van der Waals surface area contributed by atoms with Gasteiger partial charge in [0.1, 0.15) is 18.2 Å². The summed E-state index contributed by atoms with van der Waals surface area (Å²) in [6.45, 7) is 7.58. The van der Waals surface area contributed by atoms with Crippen molar-refractivity contribution in [3.8, 4) is 0 Å². The van der Waals surface area contributed by atoms with Crippen LogP contribution in [-0.2, 0) is 17.8 Å². The van der Waals surface area contributed by atoms with E-state index in [9.17, 15) is 9.18 Å². The predicted octanol–water partition coefficient (Wildman–Crippen LogP) is 3.63. The molecule has 6 heteroatoms. The lowest BCUT2D eigenvalue weighted by Gasteiger charge is -2.42. The topological polar surface area (TPSA) is 41.4 Å². The van der Waals surface area contributed by atoms with Crippen molar-refractivity contribution >= 4 is 11.6 Å². The second kappa shape index (κ2) is 7.22. The Morgan fingerprint density at radius 1 is 1.32 bits per heavy atom. The maximum atomic E-state index is 13.9. The zero-order chi connectivity index (χ0) is 19.9. The second-order valence-corrected chi connectivity index (χ2v) is 8.56. The van der Waals surface area contributed by atoms with Gasteiger partial charge in [0.15, 0.2) is 0 Å². The Kier molecular flexibility index (Phi) is 4.89. The lowest BCUT2D eigenvalue weighted by atomic mass is 9.94. The van der Waals surface area contributed by atoms with E-state index in [4.69, 9.17) is 0 Å². The van der Waals surface area contributed by atoms with Gasteiger partial charge >= 0.3 is 0 Å². The number of aromatic nitrogens is 2. The summed E-state index contributed by atoms with van der Waals surface area (Å²) in [5.41, 5.74) is 0.782. The summed E-state index contributed by atoms with van der Waals surface area (Å²) in [6.07, 6.45) is 7.35. The standard InChI is InChI=1S/C22H29FN4O/c1-4-20-24-10-12-25(20)15-21(28)26-11-6-9-18-19(26)14-22(2,3)27(18)17-8-5-7-16(23)13-17/h5,7-8,10,12-13,18-19H,4,6,9,11,14-15H2,1-3H3/t18-,19-/m0/s1. The van der Waals surface area contributed by atoms with E-state index >= 15 is 0 Å². The van der Waals surface area contributed by atoms with Gasteiger partial charge in [0.2, 0.25) is 5.91 Å². The number of fused-ring (bicyclic) bond motifs is 1. The first-order chi connectivity index (χ1) is 13.4. The third-order valence-corrected chi connectivity index (χ3v) is 6.27. The van der Waals surface area contributed by atoms with Crippen LogP contribution in [0.5, 0.6) is 0 Å². The average Bonchev–Trinajstić information content (AvgIpc) is 3.20. The number of rotatable bonds is 4. The maximum absolute atomic E-state index is 13.9. The highest BCUT2D eigenvalue weighted by molar-refractivity contribution is 5.77. The van der Waals surface area contributed by atoms with Crippen LogP contribution in [-0.4, -0.2) is 44.5 Å². The van der Waals surface area contributed by atoms with E-state index in [1.807, 2.05) is 16.8 Å². The highest BCUT2D eigenvalue weighted by atomic mass is 19.1. The number of benzene rings is 1. The van der Waals surface area contributed by atoms with Gasteiger partial charge in [0.05, 0.1) is 12.1 Å². The van der Waals surface area contributed by atoms with Gasteiger partial charge in [-0.15, -0.1) is 0 Å². The molecule has 0 aliphatic carbocycles. The van der Waals surface area contributed by atoms with Crippen LogP contribution in [0.15, 0.2) is 36.7 Å². The Bertz CT molecular complexity index is 862. The number of carbonyl (C=O) groups excluding carboxylic acids is 1. The summed E-state index contributed by atoms with van der Waals surface area (Å²) in [6, 6.07) is 7.23. The number of nitrogens with zero attached hydrogens (tertiary/aromatic N) is 4. The van der Waals surface area contributed by atoms with Gasteiger partial charge in [-0.2, -0.15) is 0 Å². The van der Waals surface area contributed by atoms with Gasteiger partial charge in [-0.3, -0.25) is 4.79 Å². The molecule has 1 aromatic carbocycles. The molecule has 2 fully saturated rings. The minimum absolute atomic E-state index is 0.129. The van der Waals surface area contributed by atoms with Gasteiger partial charge in [0.25, 0.3) is 0 Å². The molecule has 0 radical (unpaired) electrons. The van der Waals surface area contributed by atoms with Crippen molar-refractivity contribution < 1.29 is 9.18 Å². The minimum Gasteiger partial charge on any atom is -0.361 e. The summed E-state index contributed by atoms with van der Waals surface area (Å²) in [5, 5.41) is 0. The molecule has 0 bridgehead atoms. The maximum Gasteiger partial charge on any atom is 0.242 e. The molecule has 2 aliphatic heterocycles. The monoisotopic (exact) mass is 384 g/mol. The Balaban J connectivity index is 1.59. The second-order valence-electron chi connectivity index (χ2n) is 8.56. The molecule has 0 spiro atoms. The van der Waals surface area contributed by atoms with Gasteiger partial charge in [-0.1, -0.05) is 13.0 Å². The fourth-order valence-corrected chi connectivity index (χ4v) is 5.15. The average molecular weight is 384 g/mol. The van der Waals surface area contributed by atoms with Crippen LogP contribution in [0.2, 0.25) is 0 Å². The molecule has 4 rings (SSSR count). The first-order valence-corrected chi connectivity index (χ1v) is 10.2. The van der Waals surface area contributed by atoms with Crippen molar-refractivity contribution in [2.24, 2.45) is 0 Å². The van der Waals surface area contributed by atoms with Crippen LogP contribution in [0.25, 0.3) is 0 Å². The quantitative estimate of drug-likeness (QED) is 0.808. The molecule has 2 aliphatic rings. The van der Waals surface area contributed by atoms with Crippen LogP contribution in [0.4, 0.5) is 10.1 Å². The summed E-state index contributed by atoms with van der Waals surface area (Å²) in [4.78, 5) is 21.9. The van der Waals surface area contributed by atoms with Gasteiger partial charge in [-0.05, 0) is 51.3 Å². The number of amides is 1. The molecule has 0 N–H and O–H groups in total. The number of hydrogen-bond acceptors (Lipinski definition) is 3. The molecule has 2 atom stereocenters. The fraction of sp³-hybridized carbons (Fsp3) is 0.545. The number of halogens is 1. The predicted molar refractivity (Wildman–Crippen MR) is 108 cm³/mol. The smallest absolute Gasteiger partial charge is 0.242 e. The summed E-state index contributed by atoms with van der Waals surface area (Å²) >= 11 is 0. The van der Waals surface area contributed by atoms with Crippen LogP contribution < -0.4 is 4.90 Å². The molecule has 3 heterocycles. The Morgan fingerprint density at radius 3 is 2.89 bits per heavy atom. The molecule has 0 unspecified atom stereocenters. The number of piperidine rings is 1. The van der Waals surface area contributed by atoms with Crippen molar-refractivity contribution in [3.63, 3.8) is 0 Å². The molecular formula is C22H29FN4O.